The van der Waals surface area contributed by atoms with Crippen molar-refractivity contribution < 1.29 is 18.6 Å². The summed E-state index contributed by atoms with van der Waals surface area (Å²) in [5, 5.41) is 32.4. The summed E-state index contributed by atoms with van der Waals surface area (Å²) < 4.78 is 14.7. The van der Waals surface area contributed by atoms with Gasteiger partial charge < -0.3 is 29.5 Å². The lowest BCUT2D eigenvalue weighted by molar-refractivity contribution is 0.190. The molecule has 6 heterocycles. The van der Waals surface area contributed by atoms with E-state index in [1.54, 1.807) is 0 Å². The first-order valence-electron chi connectivity index (χ1n) is 22.4. The minimum Gasteiger partial charge on any atom is -0.361 e. The third-order valence-corrected chi connectivity index (χ3v) is 12.6. The van der Waals surface area contributed by atoms with Gasteiger partial charge in [0.25, 0.3) is 0 Å². The lowest BCUT2D eigenvalue weighted by Crippen LogP contribution is -2.42. The molecule has 66 heavy (non-hydrogen) atoms. The number of urea groups is 2. The highest BCUT2D eigenvalue weighted by atomic mass is 16.5. The van der Waals surface area contributed by atoms with E-state index in [4.69, 9.17) is 9.05 Å². The van der Waals surface area contributed by atoms with Crippen molar-refractivity contribution in [3.8, 4) is 22.3 Å². The zero-order valence-corrected chi connectivity index (χ0v) is 37.3. The highest BCUT2D eigenvalue weighted by Gasteiger charge is 2.36. The first kappa shape index (κ1) is 42.1. The van der Waals surface area contributed by atoms with Crippen LogP contribution in [-0.4, -0.2) is 62.2 Å². The number of carbonyl (C=O) groups excluding carboxylic acids is 2. The Labute approximate surface area is 381 Å². The predicted molar refractivity (Wildman–Crippen MR) is 247 cm³/mol. The second-order valence-electron chi connectivity index (χ2n) is 17.1. The quantitative estimate of drug-likeness (QED) is 0.0942. The van der Waals surface area contributed by atoms with Crippen molar-refractivity contribution in [2.24, 2.45) is 0 Å². The first-order chi connectivity index (χ1) is 32.2. The molecule has 2 N–H and O–H groups in total. The van der Waals surface area contributed by atoms with Gasteiger partial charge in [-0.3, -0.25) is 9.36 Å². The average Bonchev–Trinajstić information content (AvgIpc) is 4.13. The van der Waals surface area contributed by atoms with Gasteiger partial charge in [0.1, 0.15) is 22.9 Å². The topological polar surface area (TPSA) is 178 Å². The molecule has 16 nitrogen and oxygen atoms in total. The van der Waals surface area contributed by atoms with E-state index < -0.39 is 0 Å². The maximum atomic E-state index is 13.7. The summed E-state index contributed by atoms with van der Waals surface area (Å²) in [5.41, 5.74) is 12.4. The molecule has 0 aliphatic carbocycles. The summed E-state index contributed by atoms with van der Waals surface area (Å²) in [6.45, 7) is 9.69. The van der Waals surface area contributed by atoms with Crippen LogP contribution in [0, 0.1) is 27.7 Å². The molecule has 0 spiro atoms. The van der Waals surface area contributed by atoms with E-state index in [0.29, 0.717) is 24.5 Å². The van der Waals surface area contributed by atoms with E-state index >= 15 is 0 Å². The largest absolute Gasteiger partial charge is 0.361 e. The van der Waals surface area contributed by atoms with Crippen molar-refractivity contribution in [1.29, 1.82) is 0 Å². The van der Waals surface area contributed by atoms with Crippen LogP contribution in [0.4, 0.5) is 21.0 Å². The number of rotatable bonds is 15. The van der Waals surface area contributed by atoms with Gasteiger partial charge in [-0.2, -0.15) is 0 Å². The summed E-state index contributed by atoms with van der Waals surface area (Å²) in [4.78, 5) is 31.1. The molecule has 0 saturated heterocycles. The number of aryl methyl sites for hydroxylation is 6. The maximum Gasteiger partial charge on any atom is 0.323 e. The summed E-state index contributed by atoms with van der Waals surface area (Å²) in [6.07, 6.45) is 7.70. The zero-order chi connectivity index (χ0) is 45.3. The number of unbranched alkanes of at least 4 members (excludes halogenated alkanes) is 3. The lowest BCUT2D eigenvalue weighted by Gasteiger charge is -2.37. The number of anilines is 2. The van der Waals surface area contributed by atoms with Crippen LogP contribution < -0.4 is 10.6 Å². The fourth-order valence-electron chi connectivity index (χ4n) is 9.46. The fraction of sp³-hybridized carbons (Fsp3) is 0.280. The monoisotopic (exact) mass is 882 g/mol. The number of aromatic nitrogens is 8. The number of nitrogens with zero attached hydrogens (tertiary/aromatic N) is 10. The molecule has 16 heteroatoms. The van der Waals surface area contributed by atoms with Gasteiger partial charge in [-0.25, -0.2) is 9.59 Å². The Morgan fingerprint density at radius 3 is 1.36 bits per heavy atom. The van der Waals surface area contributed by atoms with Crippen LogP contribution >= 0.6 is 0 Å². The van der Waals surface area contributed by atoms with Gasteiger partial charge in [-0.1, -0.05) is 106 Å². The Hall–Kier alpha value is -7.88. The number of hydrogen-bond donors (Lipinski definition) is 2. The molecule has 0 fully saturated rings. The molecule has 334 valence electrons. The van der Waals surface area contributed by atoms with E-state index in [1.807, 2.05) is 120 Å². The van der Waals surface area contributed by atoms with E-state index in [-0.39, 0.29) is 37.2 Å². The van der Waals surface area contributed by atoms with Crippen molar-refractivity contribution in [1.82, 2.24) is 50.1 Å². The molecule has 4 aromatic heterocycles. The molecule has 2 aliphatic heterocycles. The van der Waals surface area contributed by atoms with Gasteiger partial charge in [-0.05, 0) is 87.1 Å². The van der Waals surface area contributed by atoms with Crippen LogP contribution in [0.3, 0.4) is 0 Å². The number of benzene rings is 4. The van der Waals surface area contributed by atoms with E-state index in [0.717, 1.165) is 104 Å². The Morgan fingerprint density at radius 1 is 0.545 bits per heavy atom. The normalized spacial score (nSPS) is 15.7. The Morgan fingerprint density at radius 2 is 0.970 bits per heavy atom. The van der Waals surface area contributed by atoms with Gasteiger partial charge in [0.15, 0.2) is 0 Å². The van der Waals surface area contributed by atoms with Gasteiger partial charge in [0.05, 0.1) is 49.0 Å². The van der Waals surface area contributed by atoms with Gasteiger partial charge in [0.2, 0.25) is 0 Å². The van der Waals surface area contributed by atoms with E-state index in [1.165, 1.54) is 0 Å². The Balaban J connectivity index is 0.749. The molecule has 0 radical (unpaired) electrons. The minimum absolute atomic E-state index is 0.196. The predicted octanol–water partition coefficient (Wildman–Crippen LogP) is 9.95. The summed E-state index contributed by atoms with van der Waals surface area (Å²) in [5.74, 6) is 1.50. The summed E-state index contributed by atoms with van der Waals surface area (Å²) in [6, 6.07) is 31.2. The highest BCUT2D eigenvalue weighted by Crippen LogP contribution is 2.43. The Kier molecular flexibility index (Phi) is 11.4. The SMILES string of the molecule is Cc1noc(C)c1-c1ccc2c(c1)C(c1ccccc1)N(Cc1cn(CCCCCCn3cc(CN4C(=O)Nc5ccc(-c6c(C)noc6C)cc5C4c4ccccc4)nn3)nn1)C(=O)N2. The van der Waals surface area contributed by atoms with Crippen molar-refractivity contribution in [2.75, 3.05) is 10.6 Å². The van der Waals surface area contributed by atoms with Crippen LogP contribution in [0.15, 0.2) is 119 Å². The second kappa shape index (κ2) is 17.9. The molecule has 2 atom stereocenters. The molecule has 0 bridgehead atoms. The minimum atomic E-state index is -0.344. The number of amides is 4. The maximum absolute atomic E-state index is 13.7. The van der Waals surface area contributed by atoms with Crippen LogP contribution in [-0.2, 0) is 26.2 Å². The van der Waals surface area contributed by atoms with Crippen molar-refractivity contribution >= 4 is 23.4 Å². The van der Waals surface area contributed by atoms with Crippen LogP contribution in [0.25, 0.3) is 22.3 Å². The Bertz CT molecular complexity index is 2780. The zero-order valence-electron chi connectivity index (χ0n) is 37.3. The van der Waals surface area contributed by atoms with Gasteiger partial charge >= 0.3 is 12.1 Å². The number of carbonyl (C=O) groups is 2. The smallest absolute Gasteiger partial charge is 0.323 e. The first-order valence-corrected chi connectivity index (χ1v) is 22.4. The molecular weight excluding hydrogens is 833 g/mol. The molecule has 8 aromatic rings. The second-order valence-corrected chi connectivity index (χ2v) is 17.1. The van der Waals surface area contributed by atoms with Gasteiger partial charge in [0, 0.05) is 46.7 Å². The molecular formula is C50H50N12O4. The van der Waals surface area contributed by atoms with Crippen molar-refractivity contribution in [2.45, 2.75) is 91.6 Å². The van der Waals surface area contributed by atoms with Crippen molar-refractivity contribution in [3.05, 3.63) is 166 Å². The molecule has 2 aliphatic rings. The molecule has 4 amide bonds. The average molecular weight is 883 g/mol. The van der Waals surface area contributed by atoms with E-state index in [9.17, 15) is 9.59 Å². The van der Waals surface area contributed by atoms with Crippen LogP contribution in [0.2, 0.25) is 0 Å². The molecule has 0 saturated carbocycles. The fourth-order valence-corrected chi connectivity index (χ4v) is 9.46. The summed E-state index contributed by atoms with van der Waals surface area (Å²) in [7, 11) is 0. The lowest BCUT2D eigenvalue weighted by atomic mass is 9.90. The molecule has 2 unspecified atom stereocenters. The van der Waals surface area contributed by atoms with E-state index in [2.05, 4.69) is 78.0 Å². The number of hydrogen-bond acceptors (Lipinski definition) is 10. The number of nitrogens with one attached hydrogen (secondary N) is 2. The summed E-state index contributed by atoms with van der Waals surface area (Å²) >= 11 is 0. The highest BCUT2D eigenvalue weighted by molar-refractivity contribution is 5.95. The standard InChI is InChI=1S/C50H50N12O4/c1-31-45(33(3)65-55-31)37-19-21-43-41(25-37)47(35-15-9-7-10-16-35)61(49(63)51-43)29-39-27-59(57-53-39)23-13-5-6-14-24-60-28-40(54-58-60)30-62-48(36-17-11-8-12-18-36)42-26-38(20-22-44(42)52-50(62)64)46-32(2)56-66-34(46)4/h7-12,15-22,25-28,47-48H,5-6,13-14,23-24,29-30H2,1-4H3,(H,51,63)(H,52,64). The third-order valence-electron chi connectivity index (χ3n) is 12.6. The van der Waals surface area contributed by atoms with Crippen LogP contribution in [0.1, 0.15) is 94.3 Å². The number of fused-ring (bicyclic) bond motifs is 2. The van der Waals surface area contributed by atoms with Crippen molar-refractivity contribution in [3.63, 3.8) is 0 Å². The third kappa shape index (κ3) is 8.32. The molecule has 4 aromatic carbocycles. The van der Waals surface area contributed by atoms with Gasteiger partial charge in [-0.15, -0.1) is 10.2 Å². The molecule has 10 rings (SSSR count). The van der Waals surface area contributed by atoms with Crippen LogP contribution in [0.5, 0.6) is 0 Å².